The van der Waals surface area contributed by atoms with Crippen molar-refractivity contribution >= 4 is 17.5 Å². The second-order valence-corrected chi connectivity index (χ2v) is 6.53. The van der Waals surface area contributed by atoms with Crippen molar-refractivity contribution in [3.8, 4) is 17.1 Å². The van der Waals surface area contributed by atoms with Gasteiger partial charge in [-0.3, -0.25) is 14.3 Å². The van der Waals surface area contributed by atoms with Crippen LogP contribution in [-0.2, 0) is 11.8 Å². The number of anilines is 1. The number of nitrogens with one attached hydrogen (secondary N) is 2. The highest BCUT2D eigenvalue weighted by Gasteiger charge is 2.19. The number of fused-ring (bicyclic) bond motifs is 6. The molecule has 3 aromatic heterocycles. The molecular formula is C20H20N6O4. The van der Waals surface area contributed by atoms with Crippen LogP contribution in [0.4, 0.5) is 5.69 Å². The van der Waals surface area contributed by atoms with Crippen molar-refractivity contribution < 1.29 is 19.1 Å². The molecule has 2 amide bonds. The molecule has 0 saturated carbocycles. The molecule has 1 aliphatic heterocycles. The topological polar surface area (TPSA) is 120 Å². The molecule has 0 aliphatic carbocycles. The van der Waals surface area contributed by atoms with E-state index in [1.165, 1.54) is 4.68 Å². The Hall–Kier alpha value is -3.79. The number of rotatable bonds is 0. The van der Waals surface area contributed by atoms with Crippen LogP contribution in [0.25, 0.3) is 11.3 Å². The van der Waals surface area contributed by atoms with Crippen LogP contribution in [-0.4, -0.2) is 57.9 Å². The standard InChI is InChI=1S/C20H20N6O4/c1-26-12-16-18(25-26)20(28)22-7-8-29-9-10-30-17-11-13(5-6-21-17)14-3-2-4-15(23-14)19(27)24-16/h2-6,11-12H,7-10H2,1H3,(H,22,28)(H,24,27). The molecule has 4 rings (SSSR count). The molecular weight excluding hydrogens is 388 g/mol. The van der Waals surface area contributed by atoms with E-state index in [4.69, 9.17) is 9.47 Å². The molecule has 0 radical (unpaired) electrons. The monoisotopic (exact) mass is 408 g/mol. The summed E-state index contributed by atoms with van der Waals surface area (Å²) in [6, 6.07) is 8.67. The van der Waals surface area contributed by atoms with Gasteiger partial charge >= 0.3 is 0 Å². The molecule has 3 aromatic rings. The fraction of sp³-hybridized carbons (Fsp3) is 0.250. The predicted molar refractivity (Wildman–Crippen MR) is 107 cm³/mol. The summed E-state index contributed by atoms with van der Waals surface area (Å²) >= 11 is 0. The number of hydrogen-bond acceptors (Lipinski definition) is 7. The number of carbonyl (C=O) groups excluding carboxylic acids is 2. The van der Waals surface area contributed by atoms with Gasteiger partial charge in [0.25, 0.3) is 11.8 Å². The minimum Gasteiger partial charge on any atom is -0.475 e. The minimum atomic E-state index is -0.450. The highest BCUT2D eigenvalue weighted by atomic mass is 16.5. The van der Waals surface area contributed by atoms with Gasteiger partial charge in [0.2, 0.25) is 5.88 Å². The van der Waals surface area contributed by atoms with Crippen LogP contribution < -0.4 is 15.4 Å². The van der Waals surface area contributed by atoms with Crippen molar-refractivity contribution in [2.24, 2.45) is 7.05 Å². The van der Waals surface area contributed by atoms with Gasteiger partial charge in [0, 0.05) is 37.6 Å². The third kappa shape index (κ3) is 4.44. The summed E-state index contributed by atoms with van der Waals surface area (Å²) in [5.41, 5.74) is 1.98. The molecule has 0 spiro atoms. The SMILES string of the molecule is Cn1cc2c(n1)C(=O)NCCOCCOc1cc(ccn1)-c1cccc(n1)C(=O)N2. The smallest absolute Gasteiger partial charge is 0.274 e. The Morgan fingerprint density at radius 2 is 1.93 bits per heavy atom. The number of hydrogen-bond donors (Lipinski definition) is 2. The van der Waals surface area contributed by atoms with Crippen LogP contribution in [0, 0.1) is 0 Å². The van der Waals surface area contributed by atoms with Crippen molar-refractivity contribution in [1.82, 2.24) is 25.1 Å². The van der Waals surface area contributed by atoms with E-state index >= 15 is 0 Å². The summed E-state index contributed by atoms with van der Waals surface area (Å²) in [5.74, 6) is -0.427. The molecule has 0 saturated heterocycles. The first-order valence-electron chi connectivity index (χ1n) is 9.37. The molecule has 4 heterocycles. The summed E-state index contributed by atoms with van der Waals surface area (Å²) in [6.45, 7) is 1.26. The van der Waals surface area contributed by atoms with Crippen molar-refractivity contribution in [2.75, 3.05) is 31.7 Å². The molecule has 1 aliphatic rings. The number of aryl methyl sites for hydroxylation is 1. The molecule has 154 valence electrons. The Bertz CT molecular complexity index is 1080. The Balaban J connectivity index is 1.68. The second-order valence-electron chi connectivity index (χ2n) is 6.53. The number of carbonyl (C=O) groups is 2. The van der Waals surface area contributed by atoms with E-state index in [1.54, 1.807) is 49.8 Å². The summed E-state index contributed by atoms with van der Waals surface area (Å²) < 4.78 is 12.5. The van der Waals surface area contributed by atoms with Crippen LogP contribution in [0.3, 0.4) is 0 Å². The molecule has 10 nitrogen and oxygen atoms in total. The number of ether oxygens (including phenoxy) is 2. The number of nitrogens with zero attached hydrogens (tertiary/aromatic N) is 4. The van der Waals surface area contributed by atoms with Crippen molar-refractivity contribution in [3.05, 3.63) is 54.1 Å². The molecule has 0 unspecified atom stereocenters. The fourth-order valence-electron chi connectivity index (χ4n) is 2.93. The molecule has 30 heavy (non-hydrogen) atoms. The summed E-state index contributed by atoms with van der Waals surface area (Å²) in [6.07, 6.45) is 3.19. The Morgan fingerprint density at radius 1 is 1.07 bits per heavy atom. The lowest BCUT2D eigenvalue weighted by atomic mass is 10.1. The number of amides is 2. The van der Waals surface area contributed by atoms with E-state index in [-0.39, 0.29) is 11.4 Å². The first-order valence-corrected chi connectivity index (χ1v) is 9.37. The maximum Gasteiger partial charge on any atom is 0.274 e. The van der Waals surface area contributed by atoms with Crippen LogP contribution in [0.1, 0.15) is 21.0 Å². The van der Waals surface area contributed by atoms with Gasteiger partial charge in [-0.25, -0.2) is 9.97 Å². The largest absolute Gasteiger partial charge is 0.475 e. The Kier molecular flexibility index (Phi) is 5.66. The lowest BCUT2D eigenvalue weighted by molar-refractivity contribution is 0.0859. The molecule has 0 aromatic carbocycles. The molecule has 0 fully saturated rings. The maximum atomic E-state index is 12.8. The molecule has 0 atom stereocenters. The van der Waals surface area contributed by atoms with Crippen LogP contribution in [0.15, 0.2) is 42.7 Å². The quantitative estimate of drug-likeness (QED) is 0.575. The third-order valence-corrected chi connectivity index (χ3v) is 4.31. The van der Waals surface area contributed by atoms with Crippen molar-refractivity contribution in [2.45, 2.75) is 0 Å². The lowest BCUT2D eigenvalue weighted by Crippen LogP contribution is -2.29. The zero-order chi connectivity index (χ0) is 20.9. The van der Waals surface area contributed by atoms with E-state index in [0.717, 1.165) is 5.56 Å². The van der Waals surface area contributed by atoms with Crippen LogP contribution >= 0.6 is 0 Å². The summed E-state index contributed by atoms with van der Waals surface area (Å²) in [4.78, 5) is 33.9. The van der Waals surface area contributed by atoms with Crippen LogP contribution in [0.2, 0.25) is 0 Å². The van der Waals surface area contributed by atoms with Gasteiger partial charge in [-0.05, 0) is 18.2 Å². The van der Waals surface area contributed by atoms with Crippen molar-refractivity contribution in [1.29, 1.82) is 0 Å². The van der Waals surface area contributed by atoms with E-state index in [2.05, 4.69) is 25.7 Å². The molecule has 2 N–H and O–H groups in total. The average molecular weight is 408 g/mol. The maximum absolute atomic E-state index is 12.8. The van der Waals surface area contributed by atoms with E-state index in [1.807, 2.05) is 0 Å². The zero-order valence-electron chi connectivity index (χ0n) is 16.3. The van der Waals surface area contributed by atoms with E-state index in [0.29, 0.717) is 43.6 Å². The summed E-state index contributed by atoms with van der Waals surface area (Å²) in [5, 5.41) is 9.59. The average Bonchev–Trinajstić information content (AvgIpc) is 3.12. The van der Waals surface area contributed by atoms with Crippen LogP contribution in [0.5, 0.6) is 5.88 Å². The van der Waals surface area contributed by atoms with Gasteiger partial charge in [0.05, 0.1) is 24.6 Å². The van der Waals surface area contributed by atoms with Gasteiger partial charge in [0.15, 0.2) is 5.69 Å². The third-order valence-electron chi connectivity index (χ3n) is 4.31. The van der Waals surface area contributed by atoms with Gasteiger partial charge in [-0.15, -0.1) is 0 Å². The zero-order valence-corrected chi connectivity index (χ0v) is 16.3. The first kappa shape index (κ1) is 19.5. The Morgan fingerprint density at radius 3 is 2.83 bits per heavy atom. The summed E-state index contributed by atoms with van der Waals surface area (Å²) in [7, 11) is 1.67. The van der Waals surface area contributed by atoms with Gasteiger partial charge in [-0.2, -0.15) is 5.10 Å². The highest BCUT2D eigenvalue weighted by Crippen LogP contribution is 2.21. The van der Waals surface area contributed by atoms with E-state index < -0.39 is 11.8 Å². The number of aromatic nitrogens is 4. The fourth-order valence-corrected chi connectivity index (χ4v) is 2.93. The number of pyridine rings is 2. The first-order chi connectivity index (χ1) is 14.6. The Labute approximate surface area is 172 Å². The van der Waals surface area contributed by atoms with Gasteiger partial charge in [-0.1, -0.05) is 6.07 Å². The molecule has 10 heteroatoms. The van der Waals surface area contributed by atoms with Gasteiger partial charge < -0.3 is 20.1 Å². The van der Waals surface area contributed by atoms with Crippen molar-refractivity contribution in [3.63, 3.8) is 0 Å². The second kappa shape index (κ2) is 8.70. The highest BCUT2D eigenvalue weighted by molar-refractivity contribution is 6.07. The molecule has 4 bridgehead atoms. The minimum absolute atomic E-state index is 0.116. The van der Waals surface area contributed by atoms with E-state index in [9.17, 15) is 9.59 Å². The lowest BCUT2D eigenvalue weighted by Gasteiger charge is -2.10. The predicted octanol–water partition coefficient (Wildman–Crippen LogP) is 1.27. The normalized spacial score (nSPS) is 15.1. The van der Waals surface area contributed by atoms with Gasteiger partial charge in [0.1, 0.15) is 12.3 Å².